The SMILES string of the molecule is CC(C)CC(NC(=O)CNC(=O)C(N)CCC(N)=O)C(=O)O. The number of carbonyl (C=O) groups is 4. The Hall–Kier alpha value is -2.16. The van der Waals surface area contributed by atoms with Gasteiger partial charge < -0.3 is 27.2 Å². The summed E-state index contributed by atoms with van der Waals surface area (Å²) in [5, 5.41) is 13.6. The van der Waals surface area contributed by atoms with Crippen LogP contribution in [0.5, 0.6) is 0 Å². The molecule has 3 amide bonds. The van der Waals surface area contributed by atoms with Crippen molar-refractivity contribution in [1.29, 1.82) is 0 Å². The molecule has 0 aliphatic heterocycles. The number of nitrogens with one attached hydrogen (secondary N) is 2. The minimum atomic E-state index is -1.13. The van der Waals surface area contributed by atoms with E-state index in [0.717, 1.165) is 0 Å². The van der Waals surface area contributed by atoms with Crippen molar-refractivity contribution in [2.45, 2.75) is 45.2 Å². The molecule has 0 aromatic carbocycles. The highest BCUT2D eigenvalue weighted by atomic mass is 16.4. The monoisotopic (exact) mass is 316 g/mol. The van der Waals surface area contributed by atoms with Crippen LogP contribution in [0.3, 0.4) is 0 Å². The molecule has 9 nitrogen and oxygen atoms in total. The summed E-state index contributed by atoms with van der Waals surface area (Å²) in [6.45, 7) is 3.29. The molecular formula is C13H24N4O5. The normalized spacial score (nSPS) is 13.3. The molecule has 0 bridgehead atoms. The van der Waals surface area contributed by atoms with Crippen molar-refractivity contribution in [2.75, 3.05) is 6.54 Å². The second-order valence-corrected chi connectivity index (χ2v) is 5.42. The average Bonchev–Trinajstić information content (AvgIpc) is 2.40. The minimum absolute atomic E-state index is 0.0315. The minimum Gasteiger partial charge on any atom is -0.480 e. The fraction of sp³-hybridized carbons (Fsp3) is 0.692. The highest BCUT2D eigenvalue weighted by molar-refractivity contribution is 5.89. The Balaban J connectivity index is 4.22. The van der Waals surface area contributed by atoms with Gasteiger partial charge in [-0.05, 0) is 18.8 Å². The molecule has 126 valence electrons. The molecule has 0 saturated heterocycles. The van der Waals surface area contributed by atoms with Crippen LogP contribution < -0.4 is 22.1 Å². The molecule has 0 aromatic heterocycles. The average molecular weight is 316 g/mol. The second kappa shape index (κ2) is 9.72. The van der Waals surface area contributed by atoms with Gasteiger partial charge in [-0.1, -0.05) is 13.8 Å². The van der Waals surface area contributed by atoms with E-state index in [1.54, 1.807) is 0 Å². The first-order chi connectivity index (χ1) is 10.1. The van der Waals surface area contributed by atoms with E-state index in [2.05, 4.69) is 10.6 Å². The number of amides is 3. The molecule has 0 aromatic rings. The number of aliphatic carboxylic acids is 1. The topological polar surface area (TPSA) is 165 Å². The maximum atomic E-state index is 11.6. The van der Waals surface area contributed by atoms with E-state index >= 15 is 0 Å². The quantitative estimate of drug-likeness (QED) is 0.322. The van der Waals surface area contributed by atoms with E-state index in [-0.39, 0.29) is 31.7 Å². The highest BCUT2D eigenvalue weighted by Crippen LogP contribution is 2.04. The van der Waals surface area contributed by atoms with Crippen LogP contribution >= 0.6 is 0 Å². The molecule has 7 N–H and O–H groups in total. The Kier molecular flexibility index (Phi) is 8.76. The van der Waals surface area contributed by atoms with Crippen molar-refractivity contribution in [3.05, 3.63) is 0 Å². The van der Waals surface area contributed by atoms with Gasteiger partial charge in [-0.2, -0.15) is 0 Å². The van der Waals surface area contributed by atoms with E-state index in [0.29, 0.717) is 0 Å². The molecule has 0 aliphatic rings. The third-order valence-electron chi connectivity index (χ3n) is 2.80. The van der Waals surface area contributed by atoms with Crippen LogP contribution in [0.2, 0.25) is 0 Å². The molecule has 0 fully saturated rings. The first-order valence-electron chi connectivity index (χ1n) is 6.97. The second-order valence-electron chi connectivity index (χ2n) is 5.42. The summed E-state index contributed by atoms with van der Waals surface area (Å²) in [6.07, 6.45) is 0.331. The highest BCUT2D eigenvalue weighted by Gasteiger charge is 2.21. The molecular weight excluding hydrogens is 292 g/mol. The predicted molar refractivity (Wildman–Crippen MR) is 78.4 cm³/mol. The summed E-state index contributed by atoms with van der Waals surface area (Å²) < 4.78 is 0. The summed E-state index contributed by atoms with van der Waals surface area (Å²) in [5.41, 5.74) is 10.5. The van der Waals surface area contributed by atoms with Crippen LogP contribution in [-0.2, 0) is 19.2 Å². The number of carbonyl (C=O) groups excluding carboxylic acids is 3. The third kappa shape index (κ3) is 8.90. The van der Waals surface area contributed by atoms with Crippen molar-refractivity contribution >= 4 is 23.7 Å². The number of rotatable bonds is 10. The summed E-state index contributed by atoms with van der Waals surface area (Å²) >= 11 is 0. The van der Waals surface area contributed by atoms with E-state index in [9.17, 15) is 19.2 Å². The van der Waals surface area contributed by atoms with Crippen molar-refractivity contribution in [3.63, 3.8) is 0 Å². The lowest BCUT2D eigenvalue weighted by atomic mass is 10.0. The lowest BCUT2D eigenvalue weighted by molar-refractivity contribution is -0.142. The van der Waals surface area contributed by atoms with Gasteiger partial charge in [-0.3, -0.25) is 14.4 Å². The van der Waals surface area contributed by atoms with Gasteiger partial charge in [0, 0.05) is 6.42 Å². The summed E-state index contributed by atoms with van der Waals surface area (Å²) in [6, 6.07) is -1.96. The smallest absolute Gasteiger partial charge is 0.326 e. The largest absolute Gasteiger partial charge is 0.480 e. The number of carboxylic acid groups (broad SMARTS) is 1. The summed E-state index contributed by atoms with van der Waals surface area (Å²) in [4.78, 5) is 44.8. The van der Waals surface area contributed by atoms with Crippen LogP contribution in [0.1, 0.15) is 33.1 Å². The van der Waals surface area contributed by atoms with Gasteiger partial charge in [0.25, 0.3) is 0 Å². The zero-order chi connectivity index (χ0) is 17.3. The van der Waals surface area contributed by atoms with Crippen molar-refractivity contribution in [3.8, 4) is 0 Å². The number of hydrogen-bond donors (Lipinski definition) is 5. The van der Waals surface area contributed by atoms with Crippen LogP contribution in [0.4, 0.5) is 0 Å². The van der Waals surface area contributed by atoms with Gasteiger partial charge in [0.15, 0.2) is 0 Å². The number of nitrogens with two attached hydrogens (primary N) is 2. The molecule has 2 unspecified atom stereocenters. The lowest BCUT2D eigenvalue weighted by Gasteiger charge is -2.17. The molecule has 0 rings (SSSR count). The first-order valence-corrected chi connectivity index (χ1v) is 6.97. The van der Waals surface area contributed by atoms with Gasteiger partial charge in [0.2, 0.25) is 17.7 Å². The van der Waals surface area contributed by atoms with E-state index in [4.69, 9.17) is 16.6 Å². The Morgan fingerprint density at radius 3 is 2.23 bits per heavy atom. The Bertz CT molecular complexity index is 425. The van der Waals surface area contributed by atoms with Crippen molar-refractivity contribution in [2.24, 2.45) is 17.4 Å². The zero-order valence-electron chi connectivity index (χ0n) is 12.8. The van der Waals surface area contributed by atoms with E-state index < -0.39 is 35.8 Å². The van der Waals surface area contributed by atoms with Gasteiger partial charge in [0.05, 0.1) is 12.6 Å². The van der Waals surface area contributed by atoms with Crippen LogP contribution in [-0.4, -0.2) is 47.4 Å². The van der Waals surface area contributed by atoms with E-state index in [1.807, 2.05) is 13.8 Å². The number of hydrogen-bond acceptors (Lipinski definition) is 5. The fourth-order valence-electron chi connectivity index (χ4n) is 1.67. The Labute approximate surface area is 128 Å². The molecule has 0 heterocycles. The van der Waals surface area contributed by atoms with Crippen LogP contribution in [0.25, 0.3) is 0 Å². The molecule has 0 aliphatic carbocycles. The van der Waals surface area contributed by atoms with Crippen molar-refractivity contribution in [1.82, 2.24) is 10.6 Å². The molecule has 0 spiro atoms. The fourth-order valence-corrected chi connectivity index (χ4v) is 1.67. The lowest BCUT2D eigenvalue weighted by Crippen LogP contribution is -2.48. The maximum Gasteiger partial charge on any atom is 0.326 e. The van der Waals surface area contributed by atoms with E-state index in [1.165, 1.54) is 0 Å². The molecule has 0 saturated carbocycles. The summed E-state index contributed by atoms with van der Waals surface area (Å²) in [7, 11) is 0. The first kappa shape index (κ1) is 19.8. The van der Waals surface area contributed by atoms with Gasteiger partial charge in [-0.25, -0.2) is 4.79 Å². The maximum absolute atomic E-state index is 11.6. The van der Waals surface area contributed by atoms with Crippen LogP contribution in [0, 0.1) is 5.92 Å². The number of carboxylic acids is 1. The van der Waals surface area contributed by atoms with Gasteiger partial charge in [-0.15, -0.1) is 0 Å². The predicted octanol–water partition coefficient (Wildman–Crippen LogP) is -1.69. The third-order valence-corrected chi connectivity index (χ3v) is 2.80. The Morgan fingerprint density at radius 1 is 1.18 bits per heavy atom. The zero-order valence-corrected chi connectivity index (χ0v) is 12.8. The van der Waals surface area contributed by atoms with Crippen molar-refractivity contribution < 1.29 is 24.3 Å². The molecule has 22 heavy (non-hydrogen) atoms. The van der Waals surface area contributed by atoms with Gasteiger partial charge >= 0.3 is 5.97 Å². The Morgan fingerprint density at radius 2 is 1.77 bits per heavy atom. The number of primary amides is 1. The van der Waals surface area contributed by atoms with Crippen LogP contribution in [0.15, 0.2) is 0 Å². The molecule has 0 radical (unpaired) electrons. The molecule has 2 atom stereocenters. The molecule has 9 heteroatoms. The summed E-state index contributed by atoms with van der Waals surface area (Å²) in [5.74, 6) is -2.83. The van der Waals surface area contributed by atoms with Gasteiger partial charge in [0.1, 0.15) is 6.04 Å². The standard InChI is InChI=1S/C13H24N4O5/c1-7(2)5-9(13(21)22)17-11(19)6-16-12(20)8(14)3-4-10(15)18/h7-9H,3-6,14H2,1-2H3,(H2,15,18)(H,16,20)(H,17,19)(H,21,22).